The number of sulfonamides is 1. The number of aromatic nitrogens is 1. The van der Waals surface area contributed by atoms with Crippen LogP contribution in [0.4, 0.5) is 5.13 Å². The van der Waals surface area contributed by atoms with Crippen molar-refractivity contribution in [3.63, 3.8) is 0 Å². The Bertz CT molecular complexity index is 1320. The van der Waals surface area contributed by atoms with E-state index in [1.165, 1.54) is 27.0 Å². The molecule has 3 aromatic rings. The average Bonchev–Trinajstić information content (AvgIpc) is 3.62. The van der Waals surface area contributed by atoms with Crippen molar-refractivity contribution >= 4 is 54.0 Å². The number of benzene rings is 1. The first-order valence-corrected chi connectivity index (χ1v) is 16.3. The van der Waals surface area contributed by atoms with Crippen molar-refractivity contribution < 1.29 is 22.7 Å². The molecule has 12 heteroatoms. The number of rotatable bonds is 10. The molecule has 1 aromatic carbocycles. The van der Waals surface area contributed by atoms with E-state index < -0.39 is 15.9 Å². The standard InChI is InChI=1S/C26H34N4O5S3/c1-2-35-21-8-9-22-23(18-21)37-26(27-22)30(12-5-10-28-13-15-34-16-14-28)25(31)20-6-3-11-29(19-20)38(32,33)24-7-4-17-36-24/h4,7-9,17-18,20H,2-3,5-6,10-16,19H2,1H3. The highest BCUT2D eigenvalue weighted by molar-refractivity contribution is 7.91. The molecule has 2 fully saturated rings. The van der Waals surface area contributed by atoms with E-state index >= 15 is 0 Å². The first-order valence-electron chi connectivity index (χ1n) is 13.1. The van der Waals surface area contributed by atoms with Crippen LogP contribution in [0, 0.1) is 5.92 Å². The highest BCUT2D eigenvalue weighted by atomic mass is 32.2. The molecule has 2 aromatic heterocycles. The van der Waals surface area contributed by atoms with E-state index in [-0.39, 0.29) is 12.5 Å². The fraction of sp³-hybridized carbons (Fsp3) is 0.538. The molecule has 1 unspecified atom stereocenters. The minimum atomic E-state index is -3.60. The predicted molar refractivity (Wildman–Crippen MR) is 151 cm³/mol. The second-order valence-corrected chi connectivity index (χ2v) is 13.6. The molecule has 0 saturated carbocycles. The SMILES string of the molecule is CCOc1ccc2nc(N(CCCN3CCOCC3)C(=O)C3CCCN(S(=O)(=O)c4cccs4)C3)sc2c1. The van der Waals surface area contributed by atoms with Gasteiger partial charge in [0.25, 0.3) is 10.0 Å². The Labute approximate surface area is 232 Å². The Kier molecular flexibility index (Phi) is 8.96. The summed E-state index contributed by atoms with van der Waals surface area (Å²) in [6.07, 6.45) is 2.12. The molecule has 2 aliphatic heterocycles. The smallest absolute Gasteiger partial charge is 0.252 e. The van der Waals surface area contributed by atoms with Gasteiger partial charge in [0.15, 0.2) is 5.13 Å². The summed E-state index contributed by atoms with van der Waals surface area (Å²) in [5.74, 6) is 0.317. The van der Waals surface area contributed by atoms with E-state index in [9.17, 15) is 13.2 Å². The fourth-order valence-corrected chi connectivity index (χ4v) is 8.66. The number of hydrogen-bond acceptors (Lipinski definition) is 9. The van der Waals surface area contributed by atoms with Crippen molar-refractivity contribution in [1.82, 2.24) is 14.2 Å². The van der Waals surface area contributed by atoms with Crippen molar-refractivity contribution in [2.45, 2.75) is 30.4 Å². The summed E-state index contributed by atoms with van der Waals surface area (Å²) in [6.45, 7) is 7.82. The van der Waals surface area contributed by atoms with Crippen molar-refractivity contribution in [2.75, 3.05) is 64.0 Å². The van der Waals surface area contributed by atoms with E-state index in [2.05, 4.69) is 4.90 Å². The first kappa shape index (κ1) is 27.5. The van der Waals surface area contributed by atoms with Crippen LogP contribution in [0.2, 0.25) is 0 Å². The van der Waals surface area contributed by atoms with Gasteiger partial charge in [0, 0.05) is 39.3 Å². The summed E-state index contributed by atoms with van der Waals surface area (Å²) in [6, 6.07) is 9.15. The van der Waals surface area contributed by atoms with Crippen LogP contribution in [0.25, 0.3) is 10.2 Å². The molecule has 0 bridgehead atoms. The maximum atomic E-state index is 14.0. The molecule has 1 atom stereocenters. The maximum Gasteiger partial charge on any atom is 0.252 e. The lowest BCUT2D eigenvalue weighted by molar-refractivity contribution is -0.123. The van der Waals surface area contributed by atoms with Gasteiger partial charge in [-0.15, -0.1) is 11.3 Å². The number of thiazole rings is 1. The number of nitrogens with zero attached hydrogens (tertiary/aromatic N) is 4. The van der Waals surface area contributed by atoms with E-state index in [0.717, 1.165) is 55.2 Å². The van der Waals surface area contributed by atoms with Crippen molar-refractivity contribution in [3.8, 4) is 5.75 Å². The van der Waals surface area contributed by atoms with Crippen molar-refractivity contribution in [3.05, 3.63) is 35.7 Å². The lowest BCUT2D eigenvalue weighted by atomic mass is 9.98. The summed E-state index contributed by atoms with van der Waals surface area (Å²) in [5.41, 5.74) is 0.824. The molecule has 5 rings (SSSR count). The van der Waals surface area contributed by atoms with Gasteiger partial charge >= 0.3 is 0 Å². The van der Waals surface area contributed by atoms with Gasteiger partial charge in [0.05, 0.1) is 36.0 Å². The highest BCUT2D eigenvalue weighted by Crippen LogP contribution is 2.34. The van der Waals surface area contributed by atoms with Crippen molar-refractivity contribution in [1.29, 1.82) is 0 Å². The monoisotopic (exact) mass is 578 g/mol. The molecule has 0 aliphatic carbocycles. The second-order valence-electron chi connectivity index (χ2n) is 9.49. The Hall–Kier alpha value is -2.09. The number of carbonyl (C=O) groups excluding carboxylic acids is 1. The second kappa shape index (κ2) is 12.4. The number of piperidine rings is 1. The van der Waals surface area contributed by atoms with Crippen LogP contribution in [0.15, 0.2) is 39.9 Å². The van der Waals surface area contributed by atoms with E-state index in [0.29, 0.717) is 41.9 Å². The largest absolute Gasteiger partial charge is 0.494 e. The Balaban J connectivity index is 1.36. The zero-order chi connectivity index (χ0) is 26.5. The summed E-state index contributed by atoms with van der Waals surface area (Å²) in [7, 11) is -3.60. The number of ether oxygens (including phenoxy) is 2. The first-order chi connectivity index (χ1) is 18.5. The third kappa shape index (κ3) is 6.21. The van der Waals surface area contributed by atoms with Gasteiger partial charge in [-0.3, -0.25) is 14.6 Å². The summed E-state index contributed by atoms with van der Waals surface area (Å²) in [5, 5.41) is 2.42. The number of amides is 1. The topological polar surface area (TPSA) is 92.3 Å². The Morgan fingerprint density at radius 1 is 1.24 bits per heavy atom. The van der Waals surface area contributed by atoms with Gasteiger partial charge in [-0.05, 0) is 55.8 Å². The molecule has 38 heavy (non-hydrogen) atoms. The van der Waals surface area contributed by atoms with E-state index in [1.54, 1.807) is 22.4 Å². The molecule has 0 spiro atoms. The maximum absolute atomic E-state index is 14.0. The van der Waals surface area contributed by atoms with Crippen LogP contribution in [-0.2, 0) is 19.6 Å². The van der Waals surface area contributed by atoms with Gasteiger partial charge in [0.1, 0.15) is 9.96 Å². The highest BCUT2D eigenvalue weighted by Gasteiger charge is 2.36. The lowest BCUT2D eigenvalue weighted by Gasteiger charge is -2.34. The number of hydrogen-bond donors (Lipinski definition) is 0. The van der Waals surface area contributed by atoms with Gasteiger partial charge in [-0.1, -0.05) is 17.4 Å². The summed E-state index contributed by atoms with van der Waals surface area (Å²) >= 11 is 2.69. The molecular formula is C26H34N4O5S3. The summed E-state index contributed by atoms with van der Waals surface area (Å²) < 4.78 is 40.2. The normalized spacial score (nSPS) is 19.6. The van der Waals surface area contributed by atoms with Crippen LogP contribution in [0.3, 0.4) is 0 Å². The molecule has 1 amide bonds. The number of thiophene rings is 1. The number of carbonyl (C=O) groups is 1. The van der Waals surface area contributed by atoms with Gasteiger partial charge < -0.3 is 9.47 Å². The molecule has 9 nitrogen and oxygen atoms in total. The van der Waals surface area contributed by atoms with Crippen LogP contribution < -0.4 is 9.64 Å². The van der Waals surface area contributed by atoms with Gasteiger partial charge in [0.2, 0.25) is 5.91 Å². The van der Waals surface area contributed by atoms with E-state index in [1.807, 2.05) is 25.1 Å². The molecule has 2 aliphatic rings. The van der Waals surface area contributed by atoms with Crippen LogP contribution in [0.1, 0.15) is 26.2 Å². The minimum Gasteiger partial charge on any atom is -0.494 e. The Morgan fingerprint density at radius 2 is 2.08 bits per heavy atom. The van der Waals surface area contributed by atoms with Crippen LogP contribution in [0.5, 0.6) is 5.75 Å². The lowest BCUT2D eigenvalue weighted by Crippen LogP contribution is -2.47. The van der Waals surface area contributed by atoms with Gasteiger partial charge in [-0.2, -0.15) is 4.31 Å². The Morgan fingerprint density at radius 3 is 2.84 bits per heavy atom. The molecule has 0 N–H and O–H groups in total. The molecule has 206 valence electrons. The van der Waals surface area contributed by atoms with Crippen LogP contribution >= 0.6 is 22.7 Å². The molecule has 0 radical (unpaired) electrons. The average molecular weight is 579 g/mol. The fourth-order valence-electron chi connectivity index (χ4n) is 4.96. The number of fused-ring (bicyclic) bond motifs is 1. The molecule has 2 saturated heterocycles. The quantitative estimate of drug-likeness (QED) is 0.360. The summed E-state index contributed by atoms with van der Waals surface area (Å²) in [4.78, 5) is 23.0. The third-order valence-electron chi connectivity index (χ3n) is 6.94. The van der Waals surface area contributed by atoms with E-state index in [4.69, 9.17) is 14.5 Å². The van der Waals surface area contributed by atoms with Gasteiger partial charge in [-0.25, -0.2) is 13.4 Å². The predicted octanol–water partition coefficient (Wildman–Crippen LogP) is 3.91. The molecule has 4 heterocycles. The zero-order valence-corrected chi connectivity index (χ0v) is 24.0. The number of anilines is 1. The van der Waals surface area contributed by atoms with Crippen LogP contribution in [-0.4, -0.2) is 87.6 Å². The zero-order valence-electron chi connectivity index (χ0n) is 21.6. The molecular weight excluding hydrogens is 545 g/mol. The number of morpholine rings is 1. The third-order valence-corrected chi connectivity index (χ3v) is 11.2. The van der Waals surface area contributed by atoms with Crippen molar-refractivity contribution in [2.24, 2.45) is 5.92 Å². The minimum absolute atomic E-state index is 0.0536.